The average Bonchev–Trinajstić information content (AvgIpc) is 2.78. The number of ether oxygens (including phenoxy) is 1. The van der Waals surface area contributed by atoms with E-state index in [1.54, 1.807) is 4.90 Å². The van der Waals surface area contributed by atoms with Crippen LogP contribution in [0.3, 0.4) is 0 Å². The zero-order valence-corrected chi connectivity index (χ0v) is 19.8. The van der Waals surface area contributed by atoms with Gasteiger partial charge in [0.25, 0.3) is 5.91 Å². The van der Waals surface area contributed by atoms with Crippen LogP contribution < -0.4 is 4.74 Å². The summed E-state index contributed by atoms with van der Waals surface area (Å²) in [5.74, 6) is 0.685. The second-order valence-corrected chi connectivity index (χ2v) is 9.69. The molecule has 32 heavy (non-hydrogen) atoms. The molecular formula is C27H36N2O3. The molecule has 0 saturated carbocycles. The molecule has 1 aliphatic rings. The van der Waals surface area contributed by atoms with Crippen LogP contribution in [0.25, 0.3) is 0 Å². The van der Waals surface area contributed by atoms with Crippen LogP contribution in [0.2, 0.25) is 0 Å². The van der Waals surface area contributed by atoms with Crippen molar-refractivity contribution in [3.8, 4) is 5.75 Å². The number of carbonyl (C=O) groups is 2. The highest BCUT2D eigenvalue weighted by atomic mass is 16.5. The van der Waals surface area contributed by atoms with Gasteiger partial charge >= 0.3 is 0 Å². The molecule has 3 rings (SSSR count). The summed E-state index contributed by atoms with van der Waals surface area (Å²) in [5.41, 5.74) is 1.26. The maximum atomic E-state index is 13.5. The molecule has 0 aliphatic carbocycles. The van der Waals surface area contributed by atoms with Gasteiger partial charge in [0.1, 0.15) is 12.4 Å². The van der Waals surface area contributed by atoms with Gasteiger partial charge in [0.2, 0.25) is 5.91 Å². The fourth-order valence-electron chi connectivity index (χ4n) is 4.10. The van der Waals surface area contributed by atoms with Crippen molar-refractivity contribution in [2.24, 2.45) is 5.41 Å². The summed E-state index contributed by atoms with van der Waals surface area (Å²) in [6.07, 6.45) is 3.49. The lowest BCUT2D eigenvalue weighted by atomic mass is 9.92. The minimum absolute atomic E-state index is 0.0259. The largest absolute Gasteiger partial charge is 0.491 e. The Morgan fingerprint density at radius 1 is 0.969 bits per heavy atom. The van der Waals surface area contributed by atoms with Crippen molar-refractivity contribution >= 4 is 11.8 Å². The van der Waals surface area contributed by atoms with Crippen molar-refractivity contribution in [3.05, 3.63) is 65.7 Å². The summed E-state index contributed by atoms with van der Waals surface area (Å²) in [4.78, 5) is 30.2. The zero-order chi connectivity index (χ0) is 23.1. The van der Waals surface area contributed by atoms with Crippen LogP contribution in [0.15, 0.2) is 54.6 Å². The number of nitrogens with zero attached hydrogens (tertiary/aromatic N) is 2. The summed E-state index contributed by atoms with van der Waals surface area (Å²) in [6.45, 7) is 7.63. The Labute approximate surface area is 192 Å². The standard InChI is InChI=1S/C27H36N2O3/c1-27(2,3)26(31)29-18-12-6-11-17-28(4)25(30)23-15-9-10-16-24(23)32-20-22(29)19-21-13-7-5-8-14-21/h5,7-10,13-16,22H,6,11-12,17-20H2,1-4H3/t22-/m1/s1. The normalized spacial score (nSPS) is 18.6. The molecule has 0 bridgehead atoms. The van der Waals surface area contributed by atoms with Crippen molar-refractivity contribution in [2.75, 3.05) is 26.7 Å². The fourth-order valence-corrected chi connectivity index (χ4v) is 4.10. The highest BCUT2D eigenvalue weighted by molar-refractivity contribution is 5.96. The lowest BCUT2D eigenvalue weighted by Crippen LogP contribution is -2.49. The van der Waals surface area contributed by atoms with Gasteiger partial charge in [0.05, 0.1) is 11.6 Å². The summed E-state index contributed by atoms with van der Waals surface area (Å²) >= 11 is 0. The van der Waals surface area contributed by atoms with Gasteiger partial charge in [-0.1, -0.05) is 63.2 Å². The zero-order valence-electron chi connectivity index (χ0n) is 19.8. The van der Waals surface area contributed by atoms with E-state index in [0.29, 0.717) is 37.4 Å². The number of amides is 2. The molecule has 2 aromatic rings. The number of fused-ring (bicyclic) bond motifs is 1. The molecule has 172 valence electrons. The molecule has 0 aromatic heterocycles. The first-order valence-electron chi connectivity index (χ1n) is 11.6. The quantitative estimate of drug-likeness (QED) is 0.679. The lowest BCUT2D eigenvalue weighted by molar-refractivity contribution is -0.142. The molecule has 0 saturated heterocycles. The Morgan fingerprint density at radius 3 is 2.34 bits per heavy atom. The number of para-hydroxylation sites is 1. The highest BCUT2D eigenvalue weighted by Crippen LogP contribution is 2.25. The third-order valence-electron chi connectivity index (χ3n) is 5.95. The second kappa shape index (κ2) is 10.7. The van der Waals surface area contributed by atoms with E-state index < -0.39 is 5.41 Å². The van der Waals surface area contributed by atoms with E-state index in [2.05, 4.69) is 12.1 Å². The van der Waals surface area contributed by atoms with E-state index in [1.165, 1.54) is 5.56 Å². The van der Waals surface area contributed by atoms with E-state index in [0.717, 1.165) is 19.3 Å². The minimum atomic E-state index is -0.475. The number of rotatable bonds is 2. The summed E-state index contributed by atoms with van der Waals surface area (Å²) in [7, 11) is 1.84. The summed E-state index contributed by atoms with van der Waals surface area (Å²) in [5, 5.41) is 0. The van der Waals surface area contributed by atoms with Gasteiger partial charge in [-0.15, -0.1) is 0 Å². The number of carbonyl (C=O) groups excluding carboxylic acids is 2. The van der Waals surface area contributed by atoms with E-state index in [4.69, 9.17) is 4.74 Å². The monoisotopic (exact) mass is 436 g/mol. The van der Waals surface area contributed by atoms with Crippen LogP contribution >= 0.6 is 0 Å². The Hall–Kier alpha value is -2.82. The van der Waals surface area contributed by atoms with Gasteiger partial charge in [-0.05, 0) is 43.4 Å². The third-order valence-corrected chi connectivity index (χ3v) is 5.95. The van der Waals surface area contributed by atoms with Crippen LogP contribution in [0.1, 0.15) is 56.0 Å². The van der Waals surface area contributed by atoms with E-state index in [9.17, 15) is 9.59 Å². The molecule has 5 heteroatoms. The van der Waals surface area contributed by atoms with E-state index in [-0.39, 0.29) is 17.9 Å². The minimum Gasteiger partial charge on any atom is -0.491 e. The number of hydrogen-bond acceptors (Lipinski definition) is 3. The van der Waals surface area contributed by atoms with Crippen molar-refractivity contribution in [1.29, 1.82) is 0 Å². The maximum Gasteiger partial charge on any atom is 0.257 e. The fraction of sp³-hybridized carbons (Fsp3) is 0.481. The smallest absolute Gasteiger partial charge is 0.257 e. The van der Waals surface area contributed by atoms with Gasteiger partial charge in [0.15, 0.2) is 0 Å². The third kappa shape index (κ3) is 6.12. The molecule has 2 aromatic carbocycles. The van der Waals surface area contributed by atoms with Gasteiger partial charge in [-0.25, -0.2) is 0 Å². The molecule has 0 radical (unpaired) electrons. The van der Waals surface area contributed by atoms with Crippen LogP contribution in [0.4, 0.5) is 0 Å². The summed E-state index contributed by atoms with van der Waals surface area (Å²) in [6, 6.07) is 17.5. The Morgan fingerprint density at radius 2 is 1.62 bits per heavy atom. The molecule has 0 fully saturated rings. The van der Waals surface area contributed by atoms with Crippen molar-refractivity contribution in [2.45, 2.75) is 52.5 Å². The van der Waals surface area contributed by atoms with Crippen molar-refractivity contribution in [1.82, 2.24) is 9.80 Å². The van der Waals surface area contributed by atoms with Gasteiger partial charge in [-0.3, -0.25) is 9.59 Å². The SMILES string of the molecule is CN1CCCCCN(C(=O)C(C)(C)C)[C@H](Cc2ccccc2)COc2ccccc2C1=O. The highest BCUT2D eigenvalue weighted by Gasteiger charge is 2.32. The molecule has 5 nitrogen and oxygen atoms in total. The van der Waals surface area contributed by atoms with Gasteiger partial charge in [-0.2, -0.15) is 0 Å². The topological polar surface area (TPSA) is 49.9 Å². The molecule has 1 aliphatic heterocycles. The van der Waals surface area contributed by atoms with Crippen molar-refractivity contribution in [3.63, 3.8) is 0 Å². The van der Waals surface area contributed by atoms with E-state index >= 15 is 0 Å². The van der Waals surface area contributed by atoms with Crippen molar-refractivity contribution < 1.29 is 14.3 Å². The Kier molecular flexibility index (Phi) is 7.94. The second-order valence-electron chi connectivity index (χ2n) is 9.69. The lowest BCUT2D eigenvalue weighted by Gasteiger charge is -2.36. The first-order valence-corrected chi connectivity index (χ1v) is 11.6. The molecule has 1 atom stereocenters. The number of hydrogen-bond donors (Lipinski definition) is 0. The Balaban J connectivity index is 1.96. The van der Waals surface area contributed by atoms with Crippen LogP contribution in [0.5, 0.6) is 5.75 Å². The molecular weight excluding hydrogens is 400 g/mol. The van der Waals surface area contributed by atoms with Crippen LogP contribution in [-0.4, -0.2) is 54.4 Å². The first-order chi connectivity index (χ1) is 15.3. The van der Waals surface area contributed by atoms with Crippen LogP contribution in [0, 0.1) is 5.41 Å². The predicted molar refractivity (Wildman–Crippen MR) is 128 cm³/mol. The Bertz CT molecular complexity index is 905. The summed E-state index contributed by atoms with van der Waals surface area (Å²) < 4.78 is 6.26. The van der Waals surface area contributed by atoms with Crippen LogP contribution in [-0.2, 0) is 11.2 Å². The predicted octanol–water partition coefficient (Wildman–Crippen LogP) is 4.81. The molecule has 0 N–H and O–H groups in total. The first kappa shape index (κ1) is 23.8. The maximum absolute atomic E-state index is 13.5. The van der Waals surface area contributed by atoms with E-state index in [1.807, 2.05) is 75.2 Å². The van der Waals surface area contributed by atoms with Gasteiger partial charge in [0, 0.05) is 25.6 Å². The average molecular weight is 437 g/mol. The molecule has 1 heterocycles. The molecule has 0 spiro atoms. The molecule has 2 amide bonds. The molecule has 0 unspecified atom stereocenters. The van der Waals surface area contributed by atoms with Gasteiger partial charge < -0.3 is 14.5 Å². The number of benzene rings is 2.